The van der Waals surface area contributed by atoms with Crippen LogP contribution in [0.5, 0.6) is 0 Å². The van der Waals surface area contributed by atoms with Crippen LogP contribution in [0.15, 0.2) is 36.4 Å². The van der Waals surface area contributed by atoms with Crippen molar-refractivity contribution >= 4 is 61.6 Å². The summed E-state index contributed by atoms with van der Waals surface area (Å²) in [6.07, 6.45) is 0. The number of carbonyl (C=O) groups is 2. The zero-order chi connectivity index (χ0) is 24.2. The van der Waals surface area contributed by atoms with Gasteiger partial charge in [0, 0.05) is 44.0 Å². The van der Waals surface area contributed by atoms with Gasteiger partial charge in [0.2, 0.25) is 11.8 Å². The van der Waals surface area contributed by atoms with Crippen molar-refractivity contribution in [1.82, 2.24) is 9.88 Å². The van der Waals surface area contributed by atoms with Crippen LogP contribution in [-0.2, 0) is 9.59 Å². The van der Waals surface area contributed by atoms with E-state index in [1.54, 1.807) is 12.1 Å². The van der Waals surface area contributed by atoms with Crippen LogP contribution in [0.4, 0.5) is 16.5 Å². The lowest BCUT2D eigenvalue weighted by Crippen LogP contribution is -2.49. The van der Waals surface area contributed by atoms with Gasteiger partial charge in [0.1, 0.15) is 0 Å². The fourth-order valence-corrected chi connectivity index (χ4v) is 5.57. The minimum Gasteiger partial charge on any atom is -0.345 e. The van der Waals surface area contributed by atoms with Gasteiger partial charge in [-0.2, -0.15) is 0 Å². The maximum Gasteiger partial charge on any atom is 0.270 e. The van der Waals surface area contributed by atoms with Crippen LogP contribution in [-0.4, -0.2) is 64.3 Å². The summed E-state index contributed by atoms with van der Waals surface area (Å²) >= 11 is 2.74. The highest BCUT2D eigenvalue weighted by Crippen LogP contribution is 2.32. The number of aryl methyl sites for hydroxylation is 2. The zero-order valence-corrected chi connectivity index (χ0v) is 20.6. The second-order valence-corrected chi connectivity index (χ2v) is 10.1. The van der Waals surface area contributed by atoms with Gasteiger partial charge in [-0.15, -0.1) is 11.8 Å². The lowest BCUT2D eigenvalue weighted by Gasteiger charge is -2.34. The maximum absolute atomic E-state index is 12.6. The normalized spacial score (nSPS) is 13.8. The Balaban J connectivity index is 1.24. The number of thioether (sulfide) groups is 1. The van der Waals surface area contributed by atoms with E-state index in [2.05, 4.69) is 15.2 Å². The van der Waals surface area contributed by atoms with E-state index in [0.29, 0.717) is 26.2 Å². The molecule has 0 atom stereocenters. The number of aromatic nitrogens is 1. The molecule has 1 fully saturated rings. The number of thiazole rings is 1. The molecule has 0 saturated carbocycles. The number of non-ortho nitro benzene ring substituents is 1. The molecule has 9 nitrogen and oxygen atoms in total. The van der Waals surface area contributed by atoms with E-state index in [4.69, 9.17) is 0 Å². The summed E-state index contributed by atoms with van der Waals surface area (Å²) in [5.41, 5.74) is 3.65. The molecule has 0 spiro atoms. The number of fused-ring (bicyclic) bond motifs is 1. The van der Waals surface area contributed by atoms with E-state index in [1.807, 2.05) is 36.9 Å². The zero-order valence-electron chi connectivity index (χ0n) is 18.9. The van der Waals surface area contributed by atoms with Gasteiger partial charge in [-0.05, 0) is 31.0 Å². The minimum absolute atomic E-state index is 0.0180. The first-order valence-corrected chi connectivity index (χ1v) is 12.8. The van der Waals surface area contributed by atoms with Gasteiger partial charge in [0.05, 0.1) is 26.6 Å². The SMILES string of the molecule is Cc1cccc(C)c1NC(=O)CSCC(=O)N1CCN(c2nc3ccc([N+](=O)[O-])cc3s2)CC1. The van der Waals surface area contributed by atoms with Crippen molar-refractivity contribution in [2.45, 2.75) is 13.8 Å². The Hall–Kier alpha value is -3.18. The summed E-state index contributed by atoms with van der Waals surface area (Å²) in [5.74, 6) is 0.378. The largest absolute Gasteiger partial charge is 0.345 e. The highest BCUT2D eigenvalue weighted by atomic mass is 32.2. The maximum atomic E-state index is 12.6. The van der Waals surface area contributed by atoms with Crippen molar-refractivity contribution in [3.63, 3.8) is 0 Å². The van der Waals surface area contributed by atoms with Crippen LogP contribution in [0, 0.1) is 24.0 Å². The van der Waals surface area contributed by atoms with Crippen LogP contribution < -0.4 is 10.2 Å². The van der Waals surface area contributed by atoms with E-state index < -0.39 is 4.92 Å². The Morgan fingerprint density at radius 1 is 1.12 bits per heavy atom. The van der Waals surface area contributed by atoms with Gasteiger partial charge in [-0.3, -0.25) is 19.7 Å². The molecular weight excluding hydrogens is 474 g/mol. The van der Waals surface area contributed by atoms with E-state index in [1.165, 1.54) is 29.2 Å². The molecule has 1 saturated heterocycles. The molecule has 1 aliphatic rings. The molecule has 3 aromatic rings. The smallest absolute Gasteiger partial charge is 0.270 e. The highest BCUT2D eigenvalue weighted by Gasteiger charge is 2.23. The van der Waals surface area contributed by atoms with Crippen LogP contribution in [0.3, 0.4) is 0 Å². The van der Waals surface area contributed by atoms with E-state index in [0.717, 1.165) is 32.2 Å². The van der Waals surface area contributed by atoms with Crippen LogP contribution in [0.1, 0.15) is 11.1 Å². The third-order valence-corrected chi connectivity index (χ3v) is 7.68. The van der Waals surface area contributed by atoms with Crippen molar-refractivity contribution in [2.75, 3.05) is 47.9 Å². The fourth-order valence-electron chi connectivity index (χ4n) is 3.81. The molecule has 1 aliphatic heterocycles. The molecule has 2 aromatic carbocycles. The predicted octanol–water partition coefficient (Wildman–Crippen LogP) is 3.84. The topological polar surface area (TPSA) is 109 Å². The number of nitrogens with zero attached hydrogens (tertiary/aromatic N) is 4. The summed E-state index contributed by atoms with van der Waals surface area (Å²) in [6, 6.07) is 10.5. The van der Waals surface area contributed by atoms with Crippen molar-refractivity contribution in [2.24, 2.45) is 0 Å². The fraction of sp³-hybridized carbons (Fsp3) is 0.348. The number of carbonyl (C=O) groups excluding carboxylic acids is 2. The van der Waals surface area contributed by atoms with Crippen LogP contribution >= 0.6 is 23.1 Å². The number of piperazine rings is 1. The number of amides is 2. The Labute approximate surface area is 205 Å². The molecule has 0 aliphatic carbocycles. The Kier molecular flexibility index (Phi) is 7.32. The molecule has 34 heavy (non-hydrogen) atoms. The number of hydrogen-bond donors (Lipinski definition) is 1. The molecule has 178 valence electrons. The van der Waals surface area contributed by atoms with Gasteiger partial charge < -0.3 is 15.1 Å². The molecule has 0 bridgehead atoms. The van der Waals surface area contributed by atoms with Gasteiger partial charge in [0.25, 0.3) is 5.69 Å². The Morgan fingerprint density at radius 2 is 1.82 bits per heavy atom. The molecule has 1 N–H and O–H groups in total. The second-order valence-electron chi connectivity index (χ2n) is 8.08. The number of rotatable bonds is 7. The number of benzene rings is 2. The van der Waals surface area contributed by atoms with Crippen LogP contribution in [0.25, 0.3) is 10.2 Å². The highest BCUT2D eigenvalue weighted by molar-refractivity contribution is 8.00. The predicted molar refractivity (Wildman–Crippen MR) is 137 cm³/mol. The van der Waals surface area contributed by atoms with E-state index >= 15 is 0 Å². The average Bonchev–Trinajstić information content (AvgIpc) is 3.25. The number of nitro groups is 1. The molecule has 11 heteroatoms. The summed E-state index contributed by atoms with van der Waals surface area (Å²) in [4.78, 5) is 44.0. The lowest BCUT2D eigenvalue weighted by atomic mass is 10.1. The Morgan fingerprint density at radius 3 is 2.50 bits per heavy atom. The van der Waals surface area contributed by atoms with Crippen molar-refractivity contribution in [3.8, 4) is 0 Å². The van der Waals surface area contributed by atoms with Gasteiger partial charge in [-0.1, -0.05) is 29.5 Å². The summed E-state index contributed by atoms with van der Waals surface area (Å²) in [5, 5.41) is 14.7. The number of para-hydroxylation sites is 1. The number of hydrogen-bond acceptors (Lipinski definition) is 8. The molecule has 0 unspecified atom stereocenters. The van der Waals surface area contributed by atoms with Gasteiger partial charge >= 0.3 is 0 Å². The molecular formula is C23H25N5O4S2. The minimum atomic E-state index is -0.408. The van der Waals surface area contributed by atoms with E-state index in [-0.39, 0.29) is 29.0 Å². The third-order valence-electron chi connectivity index (χ3n) is 5.68. The van der Waals surface area contributed by atoms with Gasteiger partial charge in [0.15, 0.2) is 5.13 Å². The first kappa shape index (κ1) is 24.0. The molecule has 2 amide bonds. The lowest BCUT2D eigenvalue weighted by molar-refractivity contribution is -0.384. The second kappa shape index (κ2) is 10.4. The number of anilines is 2. The summed E-state index contributed by atoms with van der Waals surface area (Å²) in [6.45, 7) is 6.35. The standard InChI is InChI=1S/C23H25N5O4S2/c1-15-4-3-5-16(2)22(15)25-20(29)13-33-14-21(30)26-8-10-27(11-9-26)23-24-18-7-6-17(28(31)32)12-19(18)34-23/h3-7,12H,8-11,13-14H2,1-2H3,(H,25,29). The molecule has 0 radical (unpaired) electrons. The van der Waals surface area contributed by atoms with E-state index in [9.17, 15) is 19.7 Å². The Bertz CT molecular complexity index is 1220. The van der Waals surface area contributed by atoms with Crippen molar-refractivity contribution in [3.05, 3.63) is 57.6 Å². The van der Waals surface area contributed by atoms with Crippen molar-refractivity contribution < 1.29 is 14.5 Å². The number of nitrogens with one attached hydrogen (secondary N) is 1. The van der Waals surface area contributed by atoms with Crippen molar-refractivity contribution in [1.29, 1.82) is 0 Å². The molecule has 2 heterocycles. The molecule has 4 rings (SSSR count). The molecule has 1 aromatic heterocycles. The monoisotopic (exact) mass is 499 g/mol. The third kappa shape index (κ3) is 5.48. The summed E-state index contributed by atoms with van der Waals surface area (Å²) in [7, 11) is 0. The number of nitro benzene ring substituents is 1. The van der Waals surface area contributed by atoms with Crippen LogP contribution in [0.2, 0.25) is 0 Å². The summed E-state index contributed by atoms with van der Waals surface area (Å²) < 4.78 is 0.776. The quantitative estimate of drug-likeness (QED) is 0.389. The average molecular weight is 500 g/mol. The first-order valence-electron chi connectivity index (χ1n) is 10.8. The first-order chi connectivity index (χ1) is 16.3. The van der Waals surface area contributed by atoms with Gasteiger partial charge in [-0.25, -0.2) is 4.98 Å².